The Kier molecular flexibility index (Phi) is 1.90. The van der Waals surface area contributed by atoms with Gasteiger partial charge in [0, 0.05) is 6.92 Å². The van der Waals surface area contributed by atoms with Gasteiger partial charge in [-0.25, -0.2) is 4.57 Å². The molecule has 0 spiro atoms. The van der Waals surface area contributed by atoms with Gasteiger partial charge in [-0.2, -0.15) is 0 Å². The maximum Gasteiger partial charge on any atom is 0.280 e. The van der Waals surface area contributed by atoms with Gasteiger partial charge in [0.1, 0.15) is 12.2 Å². The van der Waals surface area contributed by atoms with E-state index in [1.807, 2.05) is 6.92 Å². The van der Waals surface area contributed by atoms with Crippen LogP contribution < -0.4 is 4.68 Å². The van der Waals surface area contributed by atoms with E-state index >= 15 is 0 Å². The molecule has 0 radical (unpaired) electrons. The minimum Gasteiger partial charge on any atom is -0.731 e. The van der Waals surface area contributed by atoms with Crippen LogP contribution in [0.15, 0.2) is 0 Å². The summed E-state index contributed by atoms with van der Waals surface area (Å²) in [5, 5.41) is 3.52. The SMILES string of the molecule is Cc1n(C)c(C(=O)[S-])n[n+]1C. The molecule has 0 amide bonds. The summed E-state index contributed by atoms with van der Waals surface area (Å²) in [6, 6.07) is 0. The van der Waals surface area contributed by atoms with Gasteiger partial charge in [0.2, 0.25) is 0 Å². The van der Waals surface area contributed by atoms with Crippen LogP contribution in [0, 0.1) is 6.92 Å². The molecule has 0 saturated carbocycles. The fourth-order valence-electron chi connectivity index (χ4n) is 0.830. The molecule has 1 aromatic rings. The molecule has 4 nitrogen and oxygen atoms in total. The smallest absolute Gasteiger partial charge is 0.280 e. The zero-order chi connectivity index (χ0) is 8.59. The predicted molar refractivity (Wildman–Crippen MR) is 40.8 cm³/mol. The van der Waals surface area contributed by atoms with Gasteiger partial charge in [-0.3, -0.25) is 0 Å². The summed E-state index contributed by atoms with van der Waals surface area (Å²) < 4.78 is 3.30. The molecule has 0 bridgehead atoms. The van der Waals surface area contributed by atoms with Crippen molar-refractivity contribution in [1.29, 1.82) is 0 Å². The van der Waals surface area contributed by atoms with Crippen LogP contribution in [-0.2, 0) is 26.7 Å². The first kappa shape index (κ1) is 8.13. The summed E-state index contributed by atoms with van der Waals surface area (Å²) in [7, 11) is 3.54. The van der Waals surface area contributed by atoms with E-state index in [0.29, 0.717) is 5.82 Å². The van der Waals surface area contributed by atoms with Crippen LogP contribution >= 0.6 is 0 Å². The second kappa shape index (κ2) is 2.58. The van der Waals surface area contributed by atoms with Crippen LogP contribution in [0.2, 0.25) is 0 Å². The lowest BCUT2D eigenvalue weighted by Crippen LogP contribution is -2.33. The topological polar surface area (TPSA) is 38.8 Å². The van der Waals surface area contributed by atoms with Crippen molar-refractivity contribution >= 4 is 17.7 Å². The van der Waals surface area contributed by atoms with Gasteiger partial charge in [-0.1, -0.05) is 0 Å². The van der Waals surface area contributed by atoms with E-state index in [0.717, 1.165) is 5.82 Å². The number of carbonyl (C=O) groups excluding carboxylic acids is 1. The molecule has 1 rings (SSSR count). The maximum absolute atomic E-state index is 10.7. The van der Waals surface area contributed by atoms with Gasteiger partial charge in [0.15, 0.2) is 0 Å². The maximum atomic E-state index is 10.7. The molecule has 60 valence electrons. The third-order valence-corrected chi connectivity index (χ3v) is 1.88. The van der Waals surface area contributed by atoms with Gasteiger partial charge in [0.25, 0.3) is 11.6 Å². The number of nitrogens with zero attached hydrogens (tertiary/aromatic N) is 3. The van der Waals surface area contributed by atoms with Gasteiger partial charge in [-0.05, 0) is 5.10 Å². The summed E-state index contributed by atoms with van der Waals surface area (Å²) in [6.45, 7) is 1.87. The summed E-state index contributed by atoms with van der Waals surface area (Å²) in [5.41, 5.74) is 0. The molecular weight excluding hydrogens is 162 g/mol. The van der Waals surface area contributed by atoms with Crippen LogP contribution in [0.3, 0.4) is 0 Å². The van der Waals surface area contributed by atoms with Crippen molar-refractivity contribution in [1.82, 2.24) is 9.67 Å². The molecule has 1 aromatic heterocycles. The Morgan fingerprint density at radius 3 is 2.45 bits per heavy atom. The van der Waals surface area contributed by atoms with Crippen molar-refractivity contribution in [2.24, 2.45) is 14.1 Å². The largest absolute Gasteiger partial charge is 0.731 e. The second-order valence-electron chi connectivity index (χ2n) is 2.34. The third-order valence-electron chi connectivity index (χ3n) is 1.70. The molecule has 0 aromatic carbocycles. The first-order valence-corrected chi connectivity index (χ1v) is 3.56. The molecule has 0 N–H and O–H groups in total. The summed E-state index contributed by atoms with van der Waals surface area (Å²) in [4.78, 5) is 10.7. The predicted octanol–water partition coefficient (Wildman–Crippen LogP) is -0.760. The molecule has 0 fully saturated rings. The Labute approximate surface area is 70.2 Å². The van der Waals surface area contributed by atoms with Crippen LogP contribution in [0.5, 0.6) is 0 Å². The lowest BCUT2D eigenvalue weighted by atomic mass is 10.6. The minimum atomic E-state index is -0.420. The first-order valence-electron chi connectivity index (χ1n) is 3.15. The Morgan fingerprint density at radius 2 is 2.27 bits per heavy atom. The van der Waals surface area contributed by atoms with Crippen LogP contribution in [0.4, 0.5) is 0 Å². The van der Waals surface area contributed by atoms with Gasteiger partial charge < -0.3 is 17.4 Å². The van der Waals surface area contributed by atoms with Crippen molar-refractivity contribution < 1.29 is 9.48 Å². The minimum absolute atomic E-state index is 0.319. The molecule has 0 unspecified atom stereocenters. The van der Waals surface area contributed by atoms with Crippen molar-refractivity contribution in [3.8, 4) is 0 Å². The Bertz CT molecular complexity index is 305. The molecule has 0 saturated heterocycles. The zero-order valence-electron chi connectivity index (χ0n) is 6.66. The standard InChI is InChI=1S/C6H9N3OS/c1-4-8(2)5(6(10)11)7-9(4)3/h1-3H3. The highest BCUT2D eigenvalue weighted by Gasteiger charge is 2.15. The summed E-state index contributed by atoms with van der Waals surface area (Å²) >= 11 is 4.47. The summed E-state index contributed by atoms with van der Waals surface area (Å²) in [6.07, 6.45) is 0. The number of carbonyl (C=O) groups is 1. The van der Waals surface area contributed by atoms with E-state index in [9.17, 15) is 4.79 Å². The Morgan fingerprint density at radius 1 is 1.73 bits per heavy atom. The third kappa shape index (κ3) is 1.23. The quantitative estimate of drug-likeness (QED) is 0.412. The van der Waals surface area contributed by atoms with E-state index in [4.69, 9.17) is 0 Å². The average Bonchev–Trinajstić information content (AvgIpc) is 2.17. The molecule has 0 atom stereocenters. The van der Waals surface area contributed by atoms with E-state index in [2.05, 4.69) is 17.7 Å². The number of hydrogen-bond acceptors (Lipinski definition) is 3. The monoisotopic (exact) mass is 171 g/mol. The first-order chi connectivity index (χ1) is 5.04. The average molecular weight is 171 g/mol. The van der Waals surface area contributed by atoms with Crippen molar-refractivity contribution in [2.75, 3.05) is 0 Å². The normalized spacial score (nSPS) is 10.1. The highest BCUT2D eigenvalue weighted by Crippen LogP contribution is 1.94. The number of hydrogen-bond donors (Lipinski definition) is 0. The van der Waals surface area contributed by atoms with E-state index in [1.165, 1.54) is 0 Å². The van der Waals surface area contributed by atoms with E-state index in [-0.39, 0.29) is 0 Å². The lowest BCUT2D eigenvalue weighted by molar-refractivity contribution is -0.734. The molecule has 11 heavy (non-hydrogen) atoms. The molecule has 1 heterocycles. The molecule has 0 aliphatic rings. The zero-order valence-corrected chi connectivity index (χ0v) is 7.47. The fraction of sp³-hybridized carbons (Fsp3) is 0.500. The summed E-state index contributed by atoms with van der Waals surface area (Å²) in [5.74, 6) is 1.22. The van der Waals surface area contributed by atoms with Crippen molar-refractivity contribution in [3.63, 3.8) is 0 Å². The van der Waals surface area contributed by atoms with E-state index < -0.39 is 5.12 Å². The highest BCUT2D eigenvalue weighted by atomic mass is 32.1. The fourth-order valence-corrected chi connectivity index (χ4v) is 1.01. The van der Waals surface area contributed by atoms with Crippen molar-refractivity contribution in [2.45, 2.75) is 6.92 Å². The van der Waals surface area contributed by atoms with Crippen molar-refractivity contribution in [3.05, 3.63) is 11.6 Å². The lowest BCUT2D eigenvalue weighted by Gasteiger charge is -1.94. The molecular formula is C6H9N3OS. The van der Waals surface area contributed by atoms with E-state index in [1.54, 1.807) is 23.3 Å². The number of aromatic nitrogens is 3. The van der Waals surface area contributed by atoms with Crippen LogP contribution in [0.25, 0.3) is 0 Å². The van der Waals surface area contributed by atoms with Gasteiger partial charge >= 0.3 is 0 Å². The second-order valence-corrected chi connectivity index (χ2v) is 2.71. The Balaban J connectivity index is 3.29. The molecule has 5 heteroatoms. The molecule has 0 aliphatic heterocycles. The number of aryl methyl sites for hydroxylation is 1. The van der Waals surface area contributed by atoms with Crippen LogP contribution in [-0.4, -0.2) is 14.8 Å². The Hall–Kier alpha value is -0.970. The van der Waals surface area contributed by atoms with Gasteiger partial charge in [-0.15, -0.1) is 4.68 Å². The molecule has 0 aliphatic carbocycles. The highest BCUT2D eigenvalue weighted by molar-refractivity contribution is 7.77. The van der Waals surface area contributed by atoms with Crippen LogP contribution in [0.1, 0.15) is 16.4 Å². The van der Waals surface area contributed by atoms with Gasteiger partial charge in [0.05, 0.1) is 7.05 Å². The number of rotatable bonds is 1.